The molecule has 0 atom stereocenters. The van der Waals surface area contributed by atoms with Crippen LogP contribution < -0.4 is 16.1 Å². The first-order chi connectivity index (χ1) is 18.3. The van der Waals surface area contributed by atoms with Crippen LogP contribution in [0.5, 0.6) is 0 Å². The summed E-state index contributed by atoms with van der Waals surface area (Å²) >= 11 is 0. The molecular formula is C29H30ClF3N4O2. The Morgan fingerprint density at radius 1 is 0.769 bits per heavy atom. The Morgan fingerprint density at radius 3 is 2.18 bits per heavy atom. The molecule has 1 aliphatic rings. The van der Waals surface area contributed by atoms with Crippen LogP contribution in [0.15, 0.2) is 88.6 Å². The Hall–Kier alpha value is -3.56. The molecule has 2 aromatic carbocycles. The van der Waals surface area contributed by atoms with Gasteiger partial charge in [0.2, 0.25) is 0 Å². The highest BCUT2D eigenvalue weighted by atomic mass is 35.5. The molecule has 0 spiro atoms. The van der Waals surface area contributed by atoms with Crippen molar-refractivity contribution in [2.75, 3.05) is 37.6 Å². The van der Waals surface area contributed by atoms with Crippen LogP contribution in [0, 0.1) is 0 Å². The molecular weight excluding hydrogens is 529 g/mol. The van der Waals surface area contributed by atoms with Crippen molar-refractivity contribution in [2.45, 2.75) is 25.6 Å². The summed E-state index contributed by atoms with van der Waals surface area (Å²) in [6, 6.07) is 20.2. The highest BCUT2D eigenvalue weighted by Gasteiger charge is 2.31. The van der Waals surface area contributed by atoms with Crippen molar-refractivity contribution in [1.29, 1.82) is 0 Å². The Balaban J connectivity index is 0.00000353. The Kier molecular flexibility index (Phi) is 8.82. The first-order valence-corrected chi connectivity index (χ1v) is 12.8. The highest BCUT2D eigenvalue weighted by Crippen LogP contribution is 2.32. The number of aromatic nitrogens is 2. The minimum Gasteiger partial charge on any atom is -0.369 e. The molecule has 39 heavy (non-hydrogen) atoms. The number of rotatable bonds is 7. The third-order valence-electron chi connectivity index (χ3n) is 7.09. The summed E-state index contributed by atoms with van der Waals surface area (Å²) in [5, 5.41) is 0. The summed E-state index contributed by atoms with van der Waals surface area (Å²) in [5.41, 5.74) is 1.19. The molecule has 1 saturated heterocycles. The van der Waals surface area contributed by atoms with Crippen molar-refractivity contribution in [1.82, 2.24) is 13.9 Å². The summed E-state index contributed by atoms with van der Waals surface area (Å²) < 4.78 is 42.0. The van der Waals surface area contributed by atoms with E-state index in [4.69, 9.17) is 0 Å². The quantitative estimate of drug-likeness (QED) is 0.294. The minimum absolute atomic E-state index is 0. The molecule has 206 valence electrons. The predicted octanol–water partition coefficient (Wildman–Crippen LogP) is 5.17. The number of unbranched alkanes of at least 4 members (excludes halogenated alkanes) is 1. The average molecular weight is 559 g/mol. The SMILES string of the molecule is Cl.O=c1c(-c2ccccc2)c2ccccn2c(=O)n1CCCCN1CCN(c2cccc(C(F)(F)F)c2)CC1. The predicted molar refractivity (Wildman–Crippen MR) is 150 cm³/mol. The third-order valence-corrected chi connectivity index (χ3v) is 7.09. The summed E-state index contributed by atoms with van der Waals surface area (Å²) in [5.74, 6) is 0. The van der Waals surface area contributed by atoms with Crippen molar-refractivity contribution in [3.8, 4) is 11.1 Å². The van der Waals surface area contributed by atoms with Gasteiger partial charge in [0.15, 0.2) is 0 Å². The highest BCUT2D eigenvalue weighted by molar-refractivity contribution is 5.85. The molecule has 0 amide bonds. The molecule has 4 aromatic rings. The fraction of sp³-hybridized carbons (Fsp3) is 0.310. The number of hydrogen-bond donors (Lipinski definition) is 0. The summed E-state index contributed by atoms with van der Waals surface area (Å²) in [7, 11) is 0. The van der Waals surface area contributed by atoms with E-state index in [0.717, 1.165) is 37.7 Å². The van der Waals surface area contributed by atoms with Gasteiger partial charge in [0.1, 0.15) is 0 Å². The van der Waals surface area contributed by atoms with E-state index < -0.39 is 11.7 Å². The van der Waals surface area contributed by atoms with E-state index in [1.54, 1.807) is 24.4 Å². The van der Waals surface area contributed by atoms with E-state index in [1.165, 1.54) is 21.1 Å². The lowest BCUT2D eigenvalue weighted by atomic mass is 10.1. The number of piperazine rings is 1. The second-order valence-electron chi connectivity index (χ2n) is 9.52. The molecule has 0 radical (unpaired) electrons. The van der Waals surface area contributed by atoms with Gasteiger partial charge in [0.05, 0.1) is 16.6 Å². The van der Waals surface area contributed by atoms with E-state index in [2.05, 4.69) is 4.90 Å². The molecule has 0 unspecified atom stereocenters. The van der Waals surface area contributed by atoms with Gasteiger partial charge in [-0.05, 0) is 55.3 Å². The fourth-order valence-corrected chi connectivity index (χ4v) is 5.06. The number of halogens is 4. The van der Waals surface area contributed by atoms with Crippen LogP contribution in [-0.4, -0.2) is 46.6 Å². The average Bonchev–Trinajstić information content (AvgIpc) is 2.93. The van der Waals surface area contributed by atoms with Crippen LogP contribution in [0.3, 0.4) is 0 Å². The van der Waals surface area contributed by atoms with Crippen LogP contribution >= 0.6 is 12.4 Å². The summed E-state index contributed by atoms with van der Waals surface area (Å²) in [6.07, 6.45) is -1.21. The maximum atomic E-state index is 13.4. The lowest BCUT2D eigenvalue weighted by molar-refractivity contribution is -0.137. The van der Waals surface area contributed by atoms with Crippen molar-refractivity contribution < 1.29 is 13.2 Å². The molecule has 3 heterocycles. The number of nitrogens with zero attached hydrogens (tertiary/aromatic N) is 4. The fourth-order valence-electron chi connectivity index (χ4n) is 5.06. The van der Waals surface area contributed by atoms with Crippen molar-refractivity contribution in [2.24, 2.45) is 0 Å². The van der Waals surface area contributed by atoms with Crippen molar-refractivity contribution in [3.63, 3.8) is 0 Å². The topological polar surface area (TPSA) is 50.0 Å². The van der Waals surface area contributed by atoms with Crippen molar-refractivity contribution >= 4 is 23.6 Å². The zero-order valence-electron chi connectivity index (χ0n) is 21.3. The van der Waals surface area contributed by atoms with E-state index in [0.29, 0.717) is 42.8 Å². The van der Waals surface area contributed by atoms with Gasteiger partial charge >= 0.3 is 11.9 Å². The van der Waals surface area contributed by atoms with Crippen LogP contribution in [0.25, 0.3) is 16.6 Å². The van der Waals surface area contributed by atoms with E-state index in [-0.39, 0.29) is 23.7 Å². The zero-order chi connectivity index (χ0) is 26.7. The molecule has 1 aliphatic heterocycles. The van der Waals surface area contributed by atoms with Gasteiger partial charge in [-0.15, -0.1) is 12.4 Å². The van der Waals surface area contributed by atoms with Gasteiger partial charge in [-0.2, -0.15) is 13.2 Å². The normalized spacial score (nSPS) is 14.4. The molecule has 0 N–H and O–H groups in total. The van der Waals surface area contributed by atoms with Crippen LogP contribution in [0.1, 0.15) is 18.4 Å². The maximum Gasteiger partial charge on any atom is 0.416 e. The largest absolute Gasteiger partial charge is 0.416 e. The van der Waals surface area contributed by atoms with Crippen LogP contribution in [0.4, 0.5) is 18.9 Å². The zero-order valence-corrected chi connectivity index (χ0v) is 22.1. The van der Waals surface area contributed by atoms with E-state index >= 15 is 0 Å². The molecule has 10 heteroatoms. The lowest BCUT2D eigenvalue weighted by Crippen LogP contribution is -2.46. The number of anilines is 1. The first-order valence-electron chi connectivity index (χ1n) is 12.8. The second kappa shape index (κ2) is 12.1. The monoisotopic (exact) mass is 558 g/mol. The Labute approximate surface area is 230 Å². The second-order valence-corrected chi connectivity index (χ2v) is 9.52. The van der Waals surface area contributed by atoms with Gasteiger partial charge in [0, 0.05) is 44.6 Å². The molecule has 5 rings (SSSR count). The van der Waals surface area contributed by atoms with Gasteiger partial charge in [-0.3, -0.25) is 18.7 Å². The number of alkyl halides is 3. The smallest absolute Gasteiger partial charge is 0.369 e. The molecule has 6 nitrogen and oxygen atoms in total. The molecule has 2 aromatic heterocycles. The molecule has 0 saturated carbocycles. The Morgan fingerprint density at radius 2 is 1.46 bits per heavy atom. The van der Waals surface area contributed by atoms with Gasteiger partial charge in [0.25, 0.3) is 5.56 Å². The number of pyridine rings is 1. The van der Waals surface area contributed by atoms with Gasteiger partial charge < -0.3 is 4.90 Å². The van der Waals surface area contributed by atoms with Crippen molar-refractivity contribution in [3.05, 3.63) is 105 Å². The van der Waals surface area contributed by atoms with Gasteiger partial charge in [-0.25, -0.2) is 4.79 Å². The van der Waals surface area contributed by atoms with Crippen LogP contribution in [0.2, 0.25) is 0 Å². The van der Waals surface area contributed by atoms with Crippen LogP contribution in [-0.2, 0) is 12.7 Å². The standard InChI is InChI=1S/C29H29F3N4O2.ClH/c30-29(31,32)23-11-8-12-24(21-23)34-19-17-33(18-20-34)14-6-7-16-36-27(37)26(22-9-2-1-3-10-22)25-13-4-5-15-35(25)28(36)38;/h1-5,8-13,15,21H,6-7,14,16-20H2;1H. The number of fused-ring (bicyclic) bond motifs is 1. The molecule has 0 aliphatic carbocycles. The summed E-state index contributed by atoms with van der Waals surface area (Å²) in [4.78, 5) is 30.8. The lowest BCUT2D eigenvalue weighted by Gasteiger charge is -2.36. The molecule has 0 bridgehead atoms. The maximum absolute atomic E-state index is 13.4. The van der Waals surface area contributed by atoms with Gasteiger partial charge in [-0.1, -0.05) is 42.5 Å². The summed E-state index contributed by atoms with van der Waals surface area (Å²) in [6.45, 7) is 3.89. The van der Waals surface area contributed by atoms with E-state index in [1.807, 2.05) is 41.3 Å². The van der Waals surface area contributed by atoms with E-state index in [9.17, 15) is 22.8 Å². The minimum atomic E-state index is -4.35. The molecule has 1 fully saturated rings. The third kappa shape index (κ3) is 6.20. The Bertz CT molecular complexity index is 1530. The first kappa shape index (κ1) is 28.4. The number of benzene rings is 2. The number of hydrogen-bond acceptors (Lipinski definition) is 4.